The van der Waals surface area contributed by atoms with Crippen molar-refractivity contribution in [1.29, 1.82) is 0 Å². The first-order chi connectivity index (χ1) is 7.65. The van der Waals surface area contributed by atoms with Gasteiger partial charge in [-0.25, -0.2) is 4.79 Å². The molecule has 0 bridgehead atoms. The standard InChI is InChI=1S/C11H9ClO4/c1-15-7-2-6-3-8(5-12)16-11(14)10(6)9(13)4-7/h2-4,13H,5H2,1H3. The Morgan fingerprint density at radius 1 is 1.44 bits per heavy atom. The molecule has 0 aliphatic rings. The lowest BCUT2D eigenvalue weighted by Crippen LogP contribution is -2.02. The molecule has 0 unspecified atom stereocenters. The highest BCUT2D eigenvalue weighted by molar-refractivity contribution is 6.16. The van der Waals surface area contributed by atoms with E-state index in [0.717, 1.165) is 0 Å². The van der Waals surface area contributed by atoms with Crippen LogP contribution in [-0.2, 0) is 5.88 Å². The zero-order chi connectivity index (χ0) is 11.7. The molecule has 0 saturated carbocycles. The molecule has 4 nitrogen and oxygen atoms in total. The number of phenolic OH excluding ortho intramolecular Hbond substituents is 1. The Kier molecular flexibility index (Phi) is 2.75. The molecule has 1 aromatic carbocycles. The molecule has 5 heteroatoms. The van der Waals surface area contributed by atoms with Crippen LogP contribution in [0.2, 0.25) is 0 Å². The van der Waals surface area contributed by atoms with E-state index in [9.17, 15) is 9.90 Å². The number of hydrogen-bond acceptors (Lipinski definition) is 4. The number of benzene rings is 1. The zero-order valence-electron chi connectivity index (χ0n) is 8.49. The first-order valence-electron chi connectivity index (χ1n) is 4.55. The SMILES string of the molecule is COc1cc(O)c2c(=O)oc(CCl)cc2c1. The summed E-state index contributed by atoms with van der Waals surface area (Å²) < 4.78 is 9.90. The van der Waals surface area contributed by atoms with Crippen LogP contribution < -0.4 is 10.4 Å². The van der Waals surface area contributed by atoms with Crippen molar-refractivity contribution in [1.82, 2.24) is 0 Å². The maximum Gasteiger partial charge on any atom is 0.347 e. The van der Waals surface area contributed by atoms with Crippen molar-refractivity contribution in [3.05, 3.63) is 34.4 Å². The number of aromatic hydroxyl groups is 1. The van der Waals surface area contributed by atoms with Crippen molar-refractivity contribution >= 4 is 22.4 Å². The Hall–Kier alpha value is -1.68. The minimum absolute atomic E-state index is 0.100. The minimum atomic E-state index is -0.603. The van der Waals surface area contributed by atoms with Crippen LogP contribution >= 0.6 is 11.6 Å². The van der Waals surface area contributed by atoms with E-state index in [-0.39, 0.29) is 17.0 Å². The fourth-order valence-corrected chi connectivity index (χ4v) is 1.65. The third-order valence-electron chi connectivity index (χ3n) is 2.23. The van der Waals surface area contributed by atoms with E-state index in [4.69, 9.17) is 20.8 Å². The van der Waals surface area contributed by atoms with Crippen LogP contribution in [0.1, 0.15) is 5.76 Å². The zero-order valence-corrected chi connectivity index (χ0v) is 9.25. The summed E-state index contributed by atoms with van der Waals surface area (Å²) in [6.45, 7) is 0. The monoisotopic (exact) mass is 240 g/mol. The summed E-state index contributed by atoms with van der Waals surface area (Å²) >= 11 is 5.59. The number of alkyl halides is 1. The van der Waals surface area contributed by atoms with Crippen LogP contribution in [0.4, 0.5) is 0 Å². The summed E-state index contributed by atoms with van der Waals surface area (Å²) in [6.07, 6.45) is 0. The van der Waals surface area contributed by atoms with Gasteiger partial charge in [0.2, 0.25) is 0 Å². The number of rotatable bonds is 2. The fraction of sp³-hybridized carbons (Fsp3) is 0.182. The van der Waals surface area contributed by atoms with Crippen molar-refractivity contribution < 1.29 is 14.3 Å². The van der Waals surface area contributed by atoms with Crippen LogP contribution in [-0.4, -0.2) is 12.2 Å². The van der Waals surface area contributed by atoms with Gasteiger partial charge in [-0.05, 0) is 17.5 Å². The largest absolute Gasteiger partial charge is 0.507 e. The number of halogens is 1. The molecule has 0 saturated heterocycles. The number of methoxy groups -OCH3 is 1. The van der Waals surface area contributed by atoms with E-state index < -0.39 is 5.63 Å². The summed E-state index contributed by atoms with van der Waals surface area (Å²) in [6, 6.07) is 4.60. The van der Waals surface area contributed by atoms with Crippen molar-refractivity contribution in [2.75, 3.05) is 7.11 Å². The number of fused-ring (bicyclic) bond motifs is 1. The highest BCUT2D eigenvalue weighted by Gasteiger charge is 2.10. The molecule has 2 rings (SSSR count). The van der Waals surface area contributed by atoms with Gasteiger partial charge in [0.1, 0.15) is 22.6 Å². The molecular formula is C11H9ClO4. The molecule has 0 aliphatic heterocycles. The average molecular weight is 241 g/mol. The Labute approximate surface area is 96.0 Å². The van der Waals surface area contributed by atoms with Gasteiger partial charge in [-0.15, -0.1) is 11.6 Å². The summed E-state index contributed by atoms with van der Waals surface area (Å²) in [7, 11) is 1.48. The minimum Gasteiger partial charge on any atom is -0.507 e. The van der Waals surface area contributed by atoms with Gasteiger partial charge < -0.3 is 14.3 Å². The van der Waals surface area contributed by atoms with Gasteiger partial charge in [-0.2, -0.15) is 0 Å². The predicted octanol–water partition coefficient (Wildman–Crippen LogP) is 2.25. The maximum absolute atomic E-state index is 11.6. The Morgan fingerprint density at radius 2 is 2.19 bits per heavy atom. The van der Waals surface area contributed by atoms with Gasteiger partial charge in [-0.3, -0.25) is 0 Å². The second-order valence-electron chi connectivity index (χ2n) is 3.24. The third kappa shape index (κ3) is 1.72. The molecule has 1 N–H and O–H groups in total. The Morgan fingerprint density at radius 3 is 2.81 bits per heavy atom. The lowest BCUT2D eigenvalue weighted by atomic mass is 10.1. The molecule has 0 aliphatic carbocycles. The lowest BCUT2D eigenvalue weighted by molar-refractivity contribution is 0.408. The van der Waals surface area contributed by atoms with Gasteiger partial charge >= 0.3 is 5.63 Å². The van der Waals surface area contributed by atoms with E-state index in [0.29, 0.717) is 16.9 Å². The van der Waals surface area contributed by atoms with Gasteiger partial charge in [0.05, 0.1) is 13.0 Å². The van der Waals surface area contributed by atoms with Gasteiger partial charge in [0.15, 0.2) is 0 Å². The average Bonchev–Trinajstić information content (AvgIpc) is 2.27. The van der Waals surface area contributed by atoms with E-state index in [1.54, 1.807) is 12.1 Å². The number of ether oxygens (including phenoxy) is 1. The fourth-order valence-electron chi connectivity index (χ4n) is 1.51. The molecule has 2 aromatic rings. The summed E-state index contributed by atoms with van der Waals surface area (Å²) in [5.74, 6) is 0.760. The first-order valence-corrected chi connectivity index (χ1v) is 5.09. The number of hydrogen-bond donors (Lipinski definition) is 1. The number of phenols is 1. The topological polar surface area (TPSA) is 59.7 Å². The van der Waals surface area contributed by atoms with Crippen molar-refractivity contribution in [2.24, 2.45) is 0 Å². The van der Waals surface area contributed by atoms with Crippen LogP contribution in [0.3, 0.4) is 0 Å². The summed E-state index contributed by atoms with van der Waals surface area (Å²) in [4.78, 5) is 11.6. The molecule has 0 radical (unpaired) electrons. The predicted molar refractivity (Wildman–Crippen MR) is 60.3 cm³/mol. The quantitative estimate of drug-likeness (QED) is 0.818. The van der Waals surface area contributed by atoms with E-state index in [2.05, 4.69) is 0 Å². The lowest BCUT2D eigenvalue weighted by Gasteiger charge is -2.05. The first kappa shape index (κ1) is 10.8. The molecule has 1 aromatic heterocycles. The van der Waals surface area contributed by atoms with E-state index in [1.165, 1.54) is 13.2 Å². The van der Waals surface area contributed by atoms with Crippen LogP contribution in [0, 0.1) is 0 Å². The molecule has 0 fully saturated rings. The van der Waals surface area contributed by atoms with Gasteiger partial charge in [-0.1, -0.05) is 0 Å². The highest BCUT2D eigenvalue weighted by atomic mass is 35.5. The molecule has 84 valence electrons. The van der Waals surface area contributed by atoms with Crippen LogP contribution in [0.25, 0.3) is 10.8 Å². The molecule has 0 spiro atoms. The molecule has 16 heavy (non-hydrogen) atoms. The van der Waals surface area contributed by atoms with Crippen molar-refractivity contribution in [2.45, 2.75) is 5.88 Å². The second-order valence-corrected chi connectivity index (χ2v) is 3.51. The maximum atomic E-state index is 11.6. The van der Waals surface area contributed by atoms with E-state index in [1.807, 2.05) is 0 Å². The summed E-state index contributed by atoms with van der Waals surface area (Å²) in [5.41, 5.74) is -0.603. The Bertz CT molecular complexity index is 583. The van der Waals surface area contributed by atoms with Crippen molar-refractivity contribution in [3.63, 3.8) is 0 Å². The van der Waals surface area contributed by atoms with Crippen molar-refractivity contribution in [3.8, 4) is 11.5 Å². The normalized spacial score (nSPS) is 10.6. The third-order valence-corrected chi connectivity index (χ3v) is 2.50. The van der Waals surface area contributed by atoms with Gasteiger partial charge in [0.25, 0.3) is 0 Å². The van der Waals surface area contributed by atoms with Crippen LogP contribution in [0.5, 0.6) is 11.5 Å². The molecule has 0 atom stereocenters. The van der Waals surface area contributed by atoms with Crippen LogP contribution in [0.15, 0.2) is 27.4 Å². The second kappa shape index (κ2) is 4.06. The molecular weight excluding hydrogens is 232 g/mol. The summed E-state index contributed by atoms with van der Waals surface area (Å²) in [5, 5.41) is 10.3. The molecule has 1 heterocycles. The smallest absolute Gasteiger partial charge is 0.347 e. The molecule has 0 amide bonds. The van der Waals surface area contributed by atoms with E-state index >= 15 is 0 Å². The van der Waals surface area contributed by atoms with Gasteiger partial charge in [0, 0.05) is 6.07 Å². The highest BCUT2D eigenvalue weighted by Crippen LogP contribution is 2.28. The Balaban J connectivity index is 2.84.